The van der Waals surface area contributed by atoms with E-state index in [2.05, 4.69) is 43.1 Å². The van der Waals surface area contributed by atoms with Crippen LogP contribution in [0.1, 0.15) is 30.8 Å². The zero-order chi connectivity index (χ0) is 17.4. The number of amides is 1. The average molecular weight is 336 g/mol. The van der Waals surface area contributed by atoms with Crippen LogP contribution in [0.25, 0.3) is 21.7 Å². The zero-order valence-corrected chi connectivity index (χ0v) is 14.8. The number of carbonyl (C=O) groups is 1. The van der Waals surface area contributed by atoms with Crippen LogP contribution in [-0.4, -0.2) is 41.6 Å². The Labute approximate surface area is 147 Å². The molecule has 130 valence electrons. The minimum absolute atomic E-state index is 0.0780. The van der Waals surface area contributed by atoms with Crippen molar-refractivity contribution < 1.29 is 9.53 Å². The van der Waals surface area contributed by atoms with E-state index in [1.807, 2.05) is 23.1 Å². The maximum absolute atomic E-state index is 13.1. The van der Waals surface area contributed by atoms with Gasteiger partial charge in [-0.15, -0.1) is 0 Å². The molecule has 1 saturated heterocycles. The van der Waals surface area contributed by atoms with E-state index in [0.717, 1.165) is 17.3 Å². The summed E-state index contributed by atoms with van der Waals surface area (Å²) in [6.45, 7) is 6.28. The van der Waals surface area contributed by atoms with Crippen LogP contribution in [0.2, 0.25) is 0 Å². The number of carbonyl (C=O) groups excluding carboxylic acids is 1. The summed E-state index contributed by atoms with van der Waals surface area (Å²) in [6, 6.07) is 14.6. The fourth-order valence-electron chi connectivity index (χ4n) is 3.82. The first-order valence-corrected chi connectivity index (χ1v) is 9.02. The molecule has 1 unspecified atom stereocenters. The lowest BCUT2D eigenvalue weighted by atomic mass is 10.0. The molecule has 1 amide bonds. The monoisotopic (exact) mass is 336 g/mol. The Morgan fingerprint density at radius 2 is 2.08 bits per heavy atom. The topological polar surface area (TPSA) is 45.3 Å². The molecule has 2 aromatic carbocycles. The zero-order valence-electron chi connectivity index (χ0n) is 14.8. The molecule has 0 spiro atoms. The molecule has 0 aliphatic carbocycles. The molecule has 1 aromatic heterocycles. The van der Waals surface area contributed by atoms with Gasteiger partial charge in [0.25, 0.3) is 5.91 Å². The lowest BCUT2D eigenvalue weighted by Crippen LogP contribution is -2.49. The lowest BCUT2D eigenvalue weighted by molar-refractivity contribution is -0.00771. The van der Waals surface area contributed by atoms with Crippen molar-refractivity contribution in [3.63, 3.8) is 0 Å². The fourth-order valence-corrected chi connectivity index (χ4v) is 3.82. The smallest absolute Gasteiger partial charge is 0.270 e. The van der Waals surface area contributed by atoms with Gasteiger partial charge in [0.1, 0.15) is 5.69 Å². The van der Waals surface area contributed by atoms with E-state index in [-0.39, 0.29) is 11.9 Å². The first-order valence-electron chi connectivity index (χ1n) is 9.02. The molecule has 1 aliphatic rings. The van der Waals surface area contributed by atoms with Crippen LogP contribution in [0.3, 0.4) is 0 Å². The molecule has 4 heteroatoms. The normalized spacial score (nSPS) is 18.4. The minimum atomic E-state index is 0.0780. The second kappa shape index (κ2) is 6.52. The highest BCUT2D eigenvalue weighted by Crippen LogP contribution is 2.27. The maximum Gasteiger partial charge on any atom is 0.270 e. The second-order valence-electron chi connectivity index (χ2n) is 7.29. The van der Waals surface area contributed by atoms with E-state index < -0.39 is 0 Å². The Bertz CT molecular complexity index is 913. The van der Waals surface area contributed by atoms with Crippen molar-refractivity contribution in [1.82, 2.24) is 9.88 Å². The third kappa shape index (κ3) is 3.02. The molecule has 1 fully saturated rings. The molecular weight excluding hydrogens is 312 g/mol. The largest absolute Gasteiger partial charge is 0.377 e. The number of benzene rings is 2. The van der Waals surface area contributed by atoms with Gasteiger partial charge in [0.15, 0.2) is 0 Å². The number of fused-ring (bicyclic) bond motifs is 3. The number of hydrogen-bond donors (Lipinski definition) is 1. The predicted octanol–water partition coefficient (Wildman–Crippen LogP) is 4.21. The van der Waals surface area contributed by atoms with Crippen LogP contribution >= 0.6 is 0 Å². The summed E-state index contributed by atoms with van der Waals surface area (Å²) in [6.07, 6.45) is 0.967. The molecule has 25 heavy (non-hydrogen) atoms. The van der Waals surface area contributed by atoms with Crippen LogP contribution in [0.4, 0.5) is 0 Å². The van der Waals surface area contributed by atoms with Gasteiger partial charge in [-0.3, -0.25) is 4.79 Å². The number of nitrogens with one attached hydrogen (secondary N) is 1. The van der Waals surface area contributed by atoms with Gasteiger partial charge >= 0.3 is 0 Å². The third-order valence-electron chi connectivity index (χ3n) is 4.99. The van der Waals surface area contributed by atoms with Crippen LogP contribution in [0.5, 0.6) is 0 Å². The molecule has 1 aliphatic heterocycles. The molecule has 0 bridgehead atoms. The highest BCUT2D eigenvalue weighted by Gasteiger charge is 2.29. The summed E-state index contributed by atoms with van der Waals surface area (Å²) in [5.74, 6) is 0.614. The summed E-state index contributed by atoms with van der Waals surface area (Å²) in [4.78, 5) is 18.4. The van der Waals surface area contributed by atoms with Crippen molar-refractivity contribution in [3.8, 4) is 0 Å². The van der Waals surface area contributed by atoms with Crippen molar-refractivity contribution in [1.29, 1.82) is 0 Å². The Morgan fingerprint density at radius 1 is 1.24 bits per heavy atom. The van der Waals surface area contributed by atoms with Gasteiger partial charge in [0, 0.05) is 17.4 Å². The summed E-state index contributed by atoms with van der Waals surface area (Å²) in [7, 11) is 0. The standard InChI is InChI=1S/C21H24N2O2/c1-14(2)11-16-13-25-10-9-23(16)21(24)20-12-18-17-6-4-3-5-15(17)7-8-19(18)22-20/h3-8,12,14,16,22H,9-11,13H2,1-2H3. The molecule has 2 heterocycles. The highest BCUT2D eigenvalue weighted by atomic mass is 16.5. The van der Waals surface area contributed by atoms with Gasteiger partial charge in [0.2, 0.25) is 0 Å². The molecule has 0 saturated carbocycles. The minimum Gasteiger partial charge on any atom is -0.377 e. The number of aromatic nitrogens is 1. The highest BCUT2D eigenvalue weighted by molar-refractivity contribution is 6.09. The number of aromatic amines is 1. The van der Waals surface area contributed by atoms with Crippen molar-refractivity contribution >= 4 is 27.6 Å². The number of H-pyrrole nitrogens is 1. The molecule has 1 N–H and O–H groups in total. The Kier molecular flexibility index (Phi) is 4.22. The lowest BCUT2D eigenvalue weighted by Gasteiger charge is -2.36. The van der Waals surface area contributed by atoms with Crippen molar-refractivity contribution in [2.24, 2.45) is 5.92 Å². The van der Waals surface area contributed by atoms with Gasteiger partial charge < -0.3 is 14.6 Å². The van der Waals surface area contributed by atoms with Crippen LogP contribution < -0.4 is 0 Å². The SMILES string of the molecule is CC(C)CC1COCCN1C(=O)c1cc2c(ccc3ccccc32)[nH]1. The quantitative estimate of drug-likeness (QED) is 0.779. The van der Waals surface area contributed by atoms with E-state index in [9.17, 15) is 4.79 Å². The van der Waals surface area contributed by atoms with Crippen molar-refractivity contribution in [2.75, 3.05) is 19.8 Å². The molecule has 1 atom stereocenters. The van der Waals surface area contributed by atoms with Gasteiger partial charge in [0.05, 0.1) is 19.3 Å². The number of hydrogen-bond acceptors (Lipinski definition) is 2. The maximum atomic E-state index is 13.1. The molecule has 4 nitrogen and oxygen atoms in total. The predicted molar refractivity (Wildman–Crippen MR) is 101 cm³/mol. The van der Waals surface area contributed by atoms with Crippen LogP contribution in [0.15, 0.2) is 42.5 Å². The fraction of sp³-hybridized carbons (Fsp3) is 0.381. The Balaban J connectivity index is 1.70. The number of morpholine rings is 1. The van der Waals surface area contributed by atoms with Crippen LogP contribution in [0, 0.1) is 5.92 Å². The Morgan fingerprint density at radius 3 is 2.92 bits per heavy atom. The van der Waals surface area contributed by atoms with Crippen molar-refractivity contribution in [2.45, 2.75) is 26.3 Å². The van der Waals surface area contributed by atoms with Gasteiger partial charge in [-0.05, 0) is 35.2 Å². The van der Waals surface area contributed by atoms with Gasteiger partial charge in [-0.25, -0.2) is 0 Å². The van der Waals surface area contributed by atoms with E-state index in [4.69, 9.17) is 4.74 Å². The summed E-state index contributed by atoms with van der Waals surface area (Å²) < 4.78 is 5.61. The molecular formula is C21H24N2O2. The van der Waals surface area contributed by atoms with E-state index in [0.29, 0.717) is 31.4 Å². The molecule has 4 rings (SSSR count). The summed E-state index contributed by atoms with van der Waals surface area (Å²) >= 11 is 0. The van der Waals surface area contributed by atoms with Gasteiger partial charge in [-0.1, -0.05) is 44.2 Å². The second-order valence-corrected chi connectivity index (χ2v) is 7.29. The number of ether oxygens (including phenoxy) is 1. The third-order valence-corrected chi connectivity index (χ3v) is 4.99. The van der Waals surface area contributed by atoms with E-state index in [1.165, 1.54) is 10.8 Å². The van der Waals surface area contributed by atoms with Crippen LogP contribution in [-0.2, 0) is 4.74 Å². The average Bonchev–Trinajstić information content (AvgIpc) is 3.06. The van der Waals surface area contributed by atoms with Gasteiger partial charge in [-0.2, -0.15) is 0 Å². The first kappa shape index (κ1) is 16.2. The molecule has 0 radical (unpaired) electrons. The van der Waals surface area contributed by atoms with E-state index >= 15 is 0 Å². The molecule has 3 aromatic rings. The summed E-state index contributed by atoms with van der Waals surface area (Å²) in [5.41, 5.74) is 1.68. The van der Waals surface area contributed by atoms with E-state index in [1.54, 1.807) is 0 Å². The number of nitrogens with zero attached hydrogens (tertiary/aromatic N) is 1. The first-order chi connectivity index (χ1) is 12.1. The van der Waals surface area contributed by atoms with Crippen molar-refractivity contribution in [3.05, 3.63) is 48.2 Å². The Hall–Kier alpha value is -2.33. The summed E-state index contributed by atoms with van der Waals surface area (Å²) in [5, 5.41) is 3.48. The number of rotatable bonds is 3.